The SMILES string of the molecule is CCC(CN)C(=O)Nc1ccc(O)cc1[N+](=O)[O-]. The standard InChI is InChI=1S/C11H15N3O4/c1-2-7(6-12)11(16)13-9-4-3-8(15)5-10(9)14(17)18/h3-5,7,15H,2,6,12H2,1H3,(H,13,16). The summed E-state index contributed by atoms with van der Waals surface area (Å²) in [4.78, 5) is 21.9. The Morgan fingerprint density at radius 3 is 2.78 bits per heavy atom. The summed E-state index contributed by atoms with van der Waals surface area (Å²) in [5, 5.41) is 22.4. The lowest BCUT2D eigenvalue weighted by atomic mass is 10.1. The minimum Gasteiger partial charge on any atom is -0.508 e. The van der Waals surface area contributed by atoms with E-state index in [4.69, 9.17) is 5.73 Å². The Balaban J connectivity index is 2.97. The molecule has 7 heteroatoms. The van der Waals surface area contributed by atoms with Crippen molar-refractivity contribution in [3.8, 4) is 5.75 Å². The van der Waals surface area contributed by atoms with Gasteiger partial charge in [0.1, 0.15) is 11.4 Å². The fraction of sp³-hybridized carbons (Fsp3) is 0.364. The first-order valence-electron chi connectivity index (χ1n) is 5.48. The lowest BCUT2D eigenvalue weighted by molar-refractivity contribution is -0.384. The third-order valence-electron chi connectivity index (χ3n) is 2.58. The van der Waals surface area contributed by atoms with Crippen LogP contribution >= 0.6 is 0 Å². The number of phenolic OH excluding ortho intramolecular Hbond substituents is 1. The van der Waals surface area contributed by atoms with E-state index in [1.54, 1.807) is 0 Å². The summed E-state index contributed by atoms with van der Waals surface area (Å²) in [6, 6.07) is 3.54. The van der Waals surface area contributed by atoms with Crippen molar-refractivity contribution in [2.24, 2.45) is 11.7 Å². The molecule has 1 amide bonds. The number of carbonyl (C=O) groups excluding carboxylic acids is 1. The topological polar surface area (TPSA) is 118 Å². The van der Waals surface area contributed by atoms with Crippen LogP contribution in [0.15, 0.2) is 18.2 Å². The van der Waals surface area contributed by atoms with Crippen molar-refractivity contribution in [1.82, 2.24) is 0 Å². The van der Waals surface area contributed by atoms with Gasteiger partial charge in [-0.15, -0.1) is 0 Å². The Kier molecular flexibility index (Phi) is 4.61. The molecule has 0 fully saturated rings. The van der Waals surface area contributed by atoms with Crippen LogP contribution in [0, 0.1) is 16.0 Å². The summed E-state index contributed by atoms with van der Waals surface area (Å²) in [7, 11) is 0. The number of nitrogens with zero attached hydrogens (tertiary/aromatic N) is 1. The van der Waals surface area contributed by atoms with Gasteiger partial charge in [-0.1, -0.05) is 6.92 Å². The van der Waals surface area contributed by atoms with Gasteiger partial charge in [-0.3, -0.25) is 14.9 Å². The normalized spacial score (nSPS) is 11.9. The molecule has 7 nitrogen and oxygen atoms in total. The number of nitro benzene ring substituents is 1. The van der Waals surface area contributed by atoms with Gasteiger partial charge in [0.2, 0.25) is 5.91 Å². The average Bonchev–Trinajstić information content (AvgIpc) is 2.32. The lowest BCUT2D eigenvalue weighted by Gasteiger charge is -2.12. The van der Waals surface area contributed by atoms with Crippen molar-refractivity contribution in [2.45, 2.75) is 13.3 Å². The fourth-order valence-electron chi connectivity index (χ4n) is 1.47. The van der Waals surface area contributed by atoms with Crippen molar-refractivity contribution < 1.29 is 14.8 Å². The van der Waals surface area contributed by atoms with E-state index in [2.05, 4.69) is 5.32 Å². The molecule has 0 saturated carbocycles. The summed E-state index contributed by atoms with van der Waals surface area (Å²) in [6.07, 6.45) is 0.550. The quantitative estimate of drug-likeness (QED) is 0.414. The number of carbonyl (C=O) groups is 1. The van der Waals surface area contributed by atoms with Crippen LogP contribution in [-0.4, -0.2) is 22.5 Å². The Morgan fingerprint density at radius 2 is 2.28 bits per heavy atom. The van der Waals surface area contributed by atoms with Gasteiger partial charge in [0.05, 0.1) is 16.9 Å². The number of rotatable bonds is 5. The van der Waals surface area contributed by atoms with Gasteiger partial charge >= 0.3 is 0 Å². The Hall–Kier alpha value is -2.15. The van der Waals surface area contributed by atoms with Crippen LogP contribution < -0.4 is 11.1 Å². The Labute approximate surface area is 104 Å². The molecule has 0 aliphatic rings. The first kappa shape index (κ1) is 13.9. The molecule has 0 aliphatic carbocycles. The molecule has 1 aromatic carbocycles. The predicted octanol–water partition coefficient (Wildman–Crippen LogP) is 1.22. The third-order valence-corrected chi connectivity index (χ3v) is 2.58. The smallest absolute Gasteiger partial charge is 0.296 e. The van der Waals surface area contributed by atoms with Crippen LogP contribution in [-0.2, 0) is 4.79 Å². The number of phenols is 1. The van der Waals surface area contributed by atoms with Crippen LogP contribution in [0.2, 0.25) is 0 Å². The van der Waals surface area contributed by atoms with Gasteiger partial charge < -0.3 is 16.2 Å². The largest absolute Gasteiger partial charge is 0.508 e. The van der Waals surface area contributed by atoms with Crippen LogP contribution in [0.5, 0.6) is 5.75 Å². The highest BCUT2D eigenvalue weighted by atomic mass is 16.6. The molecule has 1 unspecified atom stereocenters. The summed E-state index contributed by atoms with van der Waals surface area (Å²) in [6.45, 7) is 1.98. The maximum atomic E-state index is 11.8. The zero-order chi connectivity index (χ0) is 13.7. The van der Waals surface area contributed by atoms with Gasteiger partial charge in [-0.2, -0.15) is 0 Å². The van der Waals surface area contributed by atoms with E-state index in [0.29, 0.717) is 6.42 Å². The number of nitrogens with two attached hydrogens (primary N) is 1. The predicted molar refractivity (Wildman–Crippen MR) is 66.2 cm³/mol. The first-order chi connectivity index (χ1) is 8.49. The van der Waals surface area contributed by atoms with E-state index >= 15 is 0 Å². The molecule has 0 saturated heterocycles. The molecule has 0 radical (unpaired) electrons. The van der Waals surface area contributed by atoms with E-state index in [-0.39, 0.29) is 29.6 Å². The molecule has 1 aromatic rings. The summed E-state index contributed by atoms with van der Waals surface area (Å²) in [5.41, 5.74) is 5.12. The van der Waals surface area contributed by atoms with E-state index in [9.17, 15) is 20.0 Å². The van der Waals surface area contributed by atoms with Gasteiger partial charge in [0, 0.05) is 6.54 Å². The maximum absolute atomic E-state index is 11.8. The number of nitrogens with one attached hydrogen (secondary N) is 1. The highest BCUT2D eigenvalue weighted by molar-refractivity contribution is 5.94. The number of anilines is 1. The van der Waals surface area contributed by atoms with Crippen molar-refractivity contribution in [1.29, 1.82) is 0 Å². The average molecular weight is 253 g/mol. The van der Waals surface area contributed by atoms with Crippen molar-refractivity contribution >= 4 is 17.3 Å². The van der Waals surface area contributed by atoms with Gasteiger partial charge in [-0.25, -0.2) is 0 Å². The zero-order valence-corrected chi connectivity index (χ0v) is 9.92. The second-order valence-electron chi connectivity index (χ2n) is 3.79. The lowest BCUT2D eigenvalue weighted by Crippen LogP contribution is -2.28. The van der Waals surface area contributed by atoms with Gasteiger partial charge in [0.15, 0.2) is 0 Å². The van der Waals surface area contributed by atoms with Gasteiger partial charge in [0.25, 0.3) is 5.69 Å². The Bertz CT molecular complexity index is 458. The monoisotopic (exact) mass is 253 g/mol. The summed E-state index contributed by atoms with van der Waals surface area (Å²) in [5.74, 6) is -0.988. The minimum absolute atomic E-state index is 0.0506. The molecule has 0 bridgehead atoms. The summed E-state index contributed by atoms with van der Waals surface area (Å²) < 4.78 is 0. The number of nitro groups is 1. The molecule has 98 valence electrons. The molecule has 0 spiro atoms. The summed E-state index contributed by atoms with van der Waals surface area (Å²) >= 11 is 0. The van der Waals surface area contributed by atoms with Crippen LogP contribution in [0.1, 0.15) is 13.3 Å². The maximum Gasteiger partial charge on any atom is 0.296 e. The molecular formula is C11H15N3O4. The number of benzene rings is 1. The number of hydrogen-bond acceptors (Lipinski definition) is 5. The van der Waals surface area contributed by atoms with Crippen molar-refractivity contribution in [3.63, 3.8) is 0 Å². The highest BCUT2D eigenvalue weighted by Crippen LogP contribution is 2.28. The Morgan fingerprint density at radius 1 is 1.61 bits per heavy atom. The van der Waals surface area contributed by atoms with E-state index in [0.717, 1.165) is 6.07 Å². The van der Waals surface area contributed by atoms with E-state index in [1.807, 2.05) is 6.92 Å². The molecule has 1 rings (SSSR count). The molecular weight excluding hydrogens is 238 g/mol. The van der Waals surface area contributed by atoms with Crippen molar-refractivity contribution in [2.75, 3.05) is 11.9 Å². The second kappa shape index (κ2) is 5.97. The first-order valence-corrected chi connectivity index (χ1v) is 5.48. The molecule has 1 atom stereocenters. The van der Waals surface area contributed by atoms with Gasteiger partial charge in [-0.05, 0) is 18.6 Å². The third kappa shape index (κ3) is 3.17. The number of amides is 1. The van der Waals surface area contributed by atoms with Crippen molar-refractivity contribution in [3.05, 3.63) is 28.3 Å². The number of aromatic hydroxyl groups is 1. The van der Waals surface area contributed by atoms with E-state index in [1.165, 1.54) is 12.1 Å². The van der Waals surface area contributed by atoms with Crippen LogP contribution in [0.4, 0.5) is 11.4 Å². The highest BCUT2D eigenvalue weighted by Gasteiger charge is 2.20. The molecule has 0 aliphatic heterocycles. The molecule has 4 N–H and O–H groups in total. The van der Waals surface area contributed by atoms with E-state index < -0.39 is 10.8 Å². The fourth-order valence-corrected chi connectivity index (χ4v) is 1.47. The molecule has 0 heterocycles. The zero-order valence-electron chi connectivity index (χ0n) is 9.92. The molecule has 18 heavy (non-hydrogen) atoms. The molecule has 0 aromatic heterocycles. The minimum atomic E-state index is -0.668. The second-order valence-corrected chi connectivity index (χ2v) is 3.79. The number of hydrogen-bond donors (Lipinski definition) is 3. The van der Waals surface area contributed by atoms with Crippen LogP contribution in [0.3, 0.4) is 0 Å². The van der Waals surface area contributed by atoms with Crippen LogP contribution in [0.25, 0.3) is 0 Å².